The van der Waals surface area contributed by atoms with Crippen LogP contribution in [0.3, 0.4) is 0 Å². The van der Waals surface area contributed by atoms with E-state index in [0.29, 0.717) is 5.41 Å². The minimum atomic E-state index is 0.295. The van der Waals surface area contributed by atoms with Crippen molar-refractivity contribution >= 4 is 0 Å². The molecule has 0 amide bonds. The Labute approximate surface area is 111 Å². The maximum atomic E-state index is 5.73. The molecule has 2 N–H and O–H groups in total. The van der Waals surface area contributed by atoms with E-state index in [-0.39, 0.29) is 0 Å². The first-order chi connectivity index (χ1) is 8.53. The molecule has 0 fully saturated rings. The van der Waals surface area contributed by atoms with Crippen LogP contribution in [0.2, 0.25) is 0 Å². The molecule has 18 heavy (non-hydrogen) atoms. The third kappa shape index (κ3) is 6.12. The van der Waals surface area contributed by atoms with Crippen molar-refractivity contribution in [2.75, 3.05) is 20.1 Å². The number of hydrogen-bond acceptors (Lipinski definition) is 3. The van der Waals surface area contributed by atoms with Gasteiger partial charge in [-0.3, -0.25) is 4.98 Å². The van der Waals surface area contributed by atoms with Gasteiger partial charge in [0.15, 0.2) is 0 Å². The van der Waals surface area contributed by atoms with Crippen LogP contribution in [0, 0.1) is 5.41 Å². The first-order valence-electron chi connectivity index (χ1n) is 6.81. The minimum Gasteiger partial charge on any atom is -0.330 e. The van der Waals surface area contributed by atoms with Gasteiger partial charge in [0, 0.05) is 18.9 Å². The zero-order chi connectivity index (χ0) is 13.4. The third-order valence-electron chi connectivity index (χ3n) is 3.40. The summed E-state index contributed by atoms with van der Waals surface area (Å²) in [5, 5.41) is 0. The van der Waals surface area contributed by atoms with E-state index in [9.17, 15) is 0 Å². The second kappa shape index (κ2) is 7.49. The summed E-state index contributed by atoms with van der Waals surface area (Å²) in [4.78, 5) is 6.40. The molecule has 0 saturated heterocycles. The van der Waals surface area contributed by atoms with Crippen molar-refractivity contribution in [2.24, 2.45) is 11.1 Å². The Balaban J connectivity index is 2.16. The topological polar surface area (TPSA) is 42.1 Å². The van der Waals surface area contributed by atoms with E-state index in [2.05, 4.69) is 42.9 Å². The van der Waals surface area contributed by atoms with Crippen molar-refractivity contribution in [3.63, 3.8) is 0 Å². The molecular weight excluding hydrogens is 222 g/mol. The number of pyridine rings is 1. The molecule has 0 radical (unpaired) electrons. The lowest BCUT2D eigenvalue weighted by atomic mass is 9.87. The Morgan fingerprint density at radius 3 is 2.50 bits per heavy atom. The van der Waals surface area contributed by atoms with E-state index in [1.165, 1.54) is 24.8 Å². The molecule has 1 heterocycles. The maximum absolute atomic E-state index is 5.73. The molecule has 0 atom stereocenters. The van der Waals surface area contributed by atoms with Gasteiger partial charge in [-0.2, -0.15) is 0 Å². The Bertz CT molecular complexity index is 322. The lowest BCUT2D eigenvalue weighted by Gasteiger charge is -2.23. The number of aromatic nitrogens is 1. The first-order valence-corrected chi connectivity index (χ1v) is 6.81. The Morgan fingerprint density at radius 2 is 1.89 bits per heavy atom. The van der Waals surface area contributed by atoms with E-state index in [4.69, 9.17) is 5.73 Å². The lowest BCUT2D eigenvalue weighted by molar-refractivity contribution is 0.289. The number of hydrogen-bond donors (Lipinski definition) is 1. The molecule has 0 spiro atoms. The monoisotopic (exact) mass is 249 g/mol. The van der Waals surface area contributed by atoms with Crippen LogP contribution in [0.4, 0.5) is 0 Å². The number of nitrogens with zero attached hydrogens (tertiary/aromatic N) is 2. The zero-order valence-electron chi connectivity index (χ0n) is 12.0. The van der Waals surface area contributed by atoms with Gasteiger partial charge >= 0.3 is 0 Å². The van der Waals surface area contributed by atoms with E-state index in [1.807, 2.05) is 12.4 Å². The molecule has 0 aliphatic heterocycles. The highest BCUT2D eigenvalue weighted by molar-refractivity contribution is 5.09. The van der Waals surface area contributed by atoms with Crippen LogP contribution in [-0.2, 0) is 6.54 Å². The second-order valence-corrected chi connectivity index (χ2v) is 5.92. The summed E-state index contributed by atoms with van der Waals surface area (Å²) in [6.07, 6.45) is 7.42. The van der Waals surface area contributed by atoms with Crippen molar-refractivity contribution in [3.8, 4) is 0 Å². The molecule has 0 aliphatic carbocycles. The van der Waals surface area contributed by atoms with Crippen LogP contribution >= 0.6 is 0 Å². The molecule has 1 aromatic rings. The molecule has 1 aromatic heterocycles. The number of unbranched alkanes of at least 4 members (excludes halogenated alkanes) is 1. The van der Waals surface area contributed by atoms with Gasteiger partial charge in [0.25, 0.3) is 0 Å². The summed E-state index contributed by atoms with van der Waals surface area (Å²) in [6, 6.07) is 4.15. The normalized spacial score (nSPS) is 12.1. The van der Waals surface area contributed by atoms with Gasteiger partial charge in [-0.1, -0.05) is 20.3 Å². The lowest BCUT2D eigenvalue weighted by Crippen LogP contribution is -2.24. The van der Waals surface area contributed by atoms with Crippen molar-refractivity contribution in [3.05, 3.63) is 30.1 Å². The molecule has 0 aromatic carbocycles. The van der Waals surface area contributed by atoms with Gasteiger partial charge < -0.3 is 10.6 Å². The van der Waals surface area contributed by atoms with Gasteiger partial charge in [-0.05, 0) is 56.1 Å². The van der Waals surface area contributed by atoms with Gasteiger partial charge in [-0.25, -0.2) is 0 Å². The van der Waals surface area contributed by atoms with Crippen LogP contribution in [0.1, 0.15) is 38.7 Å². The maximum Gasteiger partial charge on any atom is 0.0271 e. The van der Waals surface area contributed by atoms with Gasteiger partial charge in [0.1, 0.15) is 0 Å². The van der Waals surface area contributed by atoms with Crippen molar-refractivity contribution in [1.29, 1.82) is 0 Å². The van der Waals surface area contributed by atoms with Gasteiger partial charge in [-0.15, -0.1) is 0 Å². The van der Waals surface area contributed by atoms with Crippen LogP contribution < -0.4 is 5.73 Å². The van der Waals surface area contributed by atoms with Crippen LogP contribution in [0.5, 0.6) is 0 Å². The first kappa shape index (κ1) is 15.1. The molecule has 0 unspecified atom stereocenters. The molecule has 102 valence electrons. The minimum absolute atomic E-state index is 0.295. The molecular formula is C15H27N3. The molecule has 3 heteroatoms. The summed E-state index contributed by atoms with van der Waals surface area (Å²) >= 11 is 0. The number of nitrogens with two attached hydrogens (primary N) is 1. The Morgan fingerprint density at radius 1 is 1.22 bits per heavy atom. The molecule has 3 nitrogen and oxygen atoms in total. The average Bonchev–Trinajstić information content (AvgIpc) is 2.36. The molecule has 1 rings (SSSR count). The Kier molecular flexibility index (Phi) is 6.30. The zero-order valence-corrected chi connectivity index (χ0v) is 12.0. The van der Waals surface area contributed by atoms with Crippen LogP contribution in [0.15, 0.2) is 24.5 Å². The fraction of sp³-hybridized carbons (Fsp3) is 0.667. The summed E-state index contributed by atoms with van der Waals surface area (Å²) < 4.78 is 0. The SMILES string of the molecule is CN(CCCCC(C)(C)CN)Cc1ccncc1. The van der Waals surface area contributed by atoms with Gasteiger partial charge in [0.2, 0.25) is 0 Å². The fourth-order valence-corrected chi connectivity index (χ4v) is 1.97. The largest absolute Gasteiger partial charge is 0.330 e. The van der Waals surface area contributed by atoms with Crippen LogP contribution in [0.25, 0.3) is 0 Å². The fourth-order valence-electron chi connectivity index (χ4n) is 1.97. The van der Waals surface area contributed by atoms with E-state index >= 15 is 0 Å². The van der Waals surface area contributed by atoms with Crippen molar-refractivity contribution in [1.82, 2.24) is 9.88 Å². The van der Waals surface area contributed by atoms with Crippen LogP contribution in [-0.4, -0.2) is 30.0 Å². The third-order valence-corrected chi connectivity index (χ3v) is 3.40. The highest BCUT2D eigenvalue weighted by Gasteiger charge is 2.14. The molecule has 0 bridgehead atoms. The summed E-state index contributed by atoms with van der Waals surface area (Å²) in [5.41, 5.74) is 7.36. The van der Waals surface area contributed by atoms with Gasteiger partial charge in [0.05, 0.1) is 0 Å². The Hall–Kier alpha value is -0.930. The summed E-state index contributed by atoms with van der Waals surface area (Å²) in [5.74, 6) is 0. The highest BCUT2D eigenvalue weighted by Crippen LogP contribution is 2.21. The van der Waals surface area contributed by atoms with E-state index in [0.717, 1.165) is 19.6 Å². The second-order valence-electron chi connectivity index (χ2n) is 5.92. The predicted octanol–water partition coefficient (Wildman–Crippen LogP) is 2.67. The average molecular weight is 249 g/mol. The van der Waals surface area contributed by atoms with Crippen molar-refractivity contribution < 1.29 is 0 Å². The van der Waals surface area contributed by atoms with E-state index < -0.39 is 0 Å². The molecule has 0 saturated carbocycles. The highest BCUT2D eigenvalue weighted by atomic mass is 15.1. The standard InChI is InChI=1S/C15H27N3/c1-15(2,13-16)8-4-5-11-18(3)12-14-6-9-17-10-7-14/h6-7,9-10H,4-5,8,11-13,16H2,1-3H3. The van der Waals surface area contributed by atoms with Crippen molar-refractivity contribution in [2.45, 2.75) is 39.7 Å². The molecule has 0 aliphatic rings. The van der Waals surface area contributed by atoms with E-state index in [1.54, 1.807) is 0 Å². The quantitative estimate of drug-likeness (QED) is 0.720. The smallest absolute Gasteiger partial charge is 0.0271 e. The summed E-state index contributed by atoms with van der Waals surface area (Å²) in [6.45, 7) is 7.41. The number of rotatable bonds is 8. The summed E-state index contributed by atoms with van der Waals surface area (Å²) in [7, 11) is 2.18. The predicted molar refractivity (Wildman–Crippen MR) is 77.3 cm³/mol.